The molecule has 3 rings (SSSR count). The predicted molar refractivity (Wildman–Crippen MR) is 63.3 cm³/mol. The van der Waals surface area contributed by atoms with E-state index in [1.807, 2.05) is 6.07 Å². The van der Waals surface area contributed by atoms with Crippen LogP contribution in [-0.2, 0) is 21.8 Å². The average molecular weight is 260 g/mol. The van der Waals surface area contributed by atoms with Gasteiger partial charge in [0.2, 0.25) is 0 Å². The van der Waals surface area contributed by atoms with Gasteiger partial charge in [-0.25, -0.2) is 9.67 Å². The molecule has 0 bridgehead atoms. The molecule has 2 aromatic rings. The van der Waals surface area contributed by atoms with Crippen molar-refractivity contribution in [3.8, 4) is 0 Å². The Bertz CT molecular complexity index is 570. The Morgan fingerprint density at radius 3 is 2.95 bits per heavy atom. The molecule has 1 aliphatic rings. The second kappa shape index (κ2) is 4.69. The molecule has 98 valence electrons. The molecular formula is C12H12N4O3. The quantitative estimate of drug-likeness (QED) is 0.857. The van der Waals surface area contributed by atoms with E-state index in [0.29, 0.717) is 12.3 Å². The maximum atomic E-state index is 9.15. The van der Waals surface area contributed by atoms with Crippen LogP contribution in [0.2, 0.25) is 0 Å². The first-order chi connectivity index (χ1) is 9.32. The number of hydrogen-bond acceptors (Lipinski definition) is 6. The van der Waals surface area contributed by atoms with Gasteiger partial charge >= 0.3 is 0 Å². The minimum Gasteiger partial charge on any atom is -0.451 e. The summed E-state index contributed by atoms with van der Waals surface area (Å²) in [5, 5.41) is 13.2. The highest BCUT2D eigenvalue weighted by Crippen LogP contribution is 2.36. The molecule has 3 heterocycles. The van der Waals surface area contributed by atoms with Crippen molar-refractivity contribution < 1.29 is 14.6 Å². The molecule has 1 aliphatic heterocycles. The second-order valence-corrected chi connectivity index (χ2v) is 4.05. The standard InChI is InChI=1S/C12H12N4O3/c17-5-11-6-18-12(19-11,7-16-9-14-8-15-16)10-2-1-3-13-4-10/h1-4,6,8-9,17H,5,7H2. The summed E-state index contributed by atoms with van der Waals surface area (Å²) in [5.74, 6) is -0.705. The lowest BCUT2D eigenvalue weighted by Gasteiger charge is -2.28. The molecule has 0 saturated heterocycles. The molecule has 7 heteroatoms. The van der Waals surface area contributed by atoms with Crippen LogP contribution < -0.4 is 0 Å². The molecule has 0 spiro atoms. The van der Waals surface area contributed by atoms with Gasteiger partial charge in [0.25, 0.3) is 5.79 Å². The maximum absolute atomic E-state index is 9.15. The van der Waals surface area contributed by atoms with Crippen LogP contribution in [0.4, 0.5) is 0 Å². The SMILES string of the molecule is OCC1=COC(Cn2cncn2)(c2cccnc2)O1. The Labute approximate surface area is 109 Å². The topological polar surface area (TPSA) is 82.3 Å². The fraction of sp³-hybridized carbons (Fsp3) is 0.250. The lowest BCUT2D eigenvalue weighted by atomic mass is 10.1. The first-order valence-corrected chi connectivity index (χ1v) is 5.72. The minimum atomic E-state index is -1.07. The van der Waals surface area contributed by atoms with Gasteiger partial charge in [-0.05, 0) is 12.1 Å². The first-order valence-electron chi connectivity index (χ1n) is 5.72. The monoisotopic (exact) mass is 260 g/mol. The highest BCUT2D eigenvalue weighted by Gasteiger charge is 2.42. The zero-order chi connectivity index (χ0) is 13.1. The number of aliphatic hydroxyl groups excluding tert-OH is 1. The third-order valence-electron chi connectivity index (χ3n) is 2.77. The Balaban J connectivity index is 1.93. The second-order valence-electron chi connectivity index (χ2n) is 4.05. The van der Waals surface area contributed by atoms with Gasteiger partial charge in [0, 0.05) is 12.4 Å². The van der Waals surface area contributed by atoms with E-state index in [-0.39, 0.29) is 6.61 Å². The fourth-order valence-electron chi connectivity index (χ4n) is 1.89. The van der Waals surface area contributed by atoms with Crippen LogP contribution in [0.5, 0.6) is 0 Å². The summed E-state index contributed by atoms with van der Waals surface area (Å²) in [5.41, 5.74) is 0.741. The summed E-state index contributed by atoms with van der Waals surface area (Å²) < 4.78 is 12.9. The highest BCUT2D eigenvalue weighted by atomic mass is 16.7. The van der Waals surface area contributed by atoms with E-state index in [4.69, 9.17) is 14.6 Å². The van der Waals surface area contributed by atoms with E-state index in [9.17, 15) is 0 Å². The zero-order valence-corrected chi connectivity index (χ0v) is 10.0. The number of ether oxygens (including phenoxy) is 2. The Morgan fingerprint density at radius 1 is 1.37 bits per heavy atom. The third-order valence-corrected chi connectivity index (χ3v) is 2.77. The fourth-order valence-corrected chi connectivity index (χ4v) is 1.89. The molecule has 2 aromatic heterocycles. The minimum absolute atomic E-state index is 0.223. The molecule has 1 N–H and O–H groups in total. The summed E-state index contributed by atoms with van der Waals surface area (Å²) in [6.07, 6.45) is 7.74. The van der Waals surface area contributed by atoms with Gasteiger partial charge in [-0.2, -0.15) is 5.10 Å². The van der Waals surface area contributed by atoms with E-state index in [1.54, 1.807) is 29.5 Å². The molecule has 19 heavy (non-hydrogen) atoms. The first kappa shape index (κ1) is 11.7. The Kier molecular flexibility index (Phi) is 2.88. The normalized spacial score (nSPS) is 21.6. The summed E-state index contributed by atoms with van der Waals surface area (Å²) in [6, 6.07) is 3.64. The molecule has 0 saturated carbocycles. The number of aliphatic hydroxyl groups is 1. The number of pyridine rings is 1. The zero-order valence-electron chi connectivity index (χ0n) is 10.0. The summed E-state index contributed by atoms with van der Waals surface area (Å²) in [7, 11) is 0. The van der Waals surface area contributed by atoms with Crippen LogP contribution in [0, 0.1) is 0 Å². The number of hydrogen-bond donors (Lipinski definition) is 1. The molecule has 0 aliphatic carbocycles. The number of aromatic nitrogens is 4. The van der Waals surface area contributed by atoms with Gasteiger partial charge in [-0.1, -0.05) is 0 Å². The Morgan fingerprint density at radius 2 is 2.32 bits per heavy atom. The van der Waals surface area contributed by atoms with Crippen LogP contribution in [0.25, 0.3) is 0 Å². The molecule has 0 amide bonds. The molecule has 0 aromatic carbocycles. The van der Waals surface area contributed by atoms with Crippen LogP contribution >= 0.6 is 0 Å². The van der Waals surface area contributed by atoms with Gasteiger partial charge in [0.05, 0.1) is 5.56 Å². The maximum Gasteiger partial charge on any atom is 0.298 e. The molecule has 0 radical (unpaired) electrons. The lowest BCUT2D eigenvalue weighted by Crippen LogP contribution is -2.33. The van der Waals surface area contributed by atoms with E-state index in [0.717, 1.165) is 5.56 Å². The van der Waals surface area contributed by atoms with Crippen molar-refractivity contribution in [2.45, 2.75) is 12.3 Å². The van der Waals surface area contributed by atoms with Crippen molar-refractivity contribution in [2.24, 2.45) is 0 Å². The van der Waals surface area contributed by atoms with Gasteiger partial charge < -0.3 is 14.6 Å². The smallest absolute Gasteiger partial charge is 0.298 e. The van der Waals surface area contributed by atoms with Crippen molar-refractivity contribution in [1.82, 2.24) is 19.7 Å². The van der Waals surface area contributed by atoms with E-state index in [1.165, 1.54) is 12.6 Å². The van der Waals surface area contributed by atoms with Crippen molar-refractivity contribution in [1.29, 1.82) is 0 Å². The molecule has 0 fully saturated rings. The predicted octanol–water partition coefficient (Wildman–Crippen LogP) is 0.407. The molecular weight excluding hydrogens is 248 g/mol. The van der Waals surface area contributed by atoms with Gasteiger partial charge in [0.15, 0.2) is 5.76 Å². The van der Waals surface area contributed by atoms with Crippen molar-refractivity contribution in [2.75, 3.05) is 6.61 Å². The third kappa shape index (κ3) is 2.15. The Hall–Kier alpha value is -2.41. The van der Waals surface area contributed by atoms with E-state index >= 15 is 0 Å². The summed E-state index contributed by atoms with van der Waals surface area (Å²) in [6.45, 7) is 0.0814. The van der Waals surface area contributed by atoms with Crippen LogP contribution in [0.1, 0.15) is 5.56 Å². The van der Waals surface area contributed by atoms with Gasteiger partial charge in [-0.3, -0.25) is 4.98 Å². The molecule has 7 nitrogen and oxygen atoms in total. The largest absolute Gasteiger partial charge is 0.451 e. The molecule has 1 unspecified atom stereocenters. The van der Waals surface area contributed by atoms with Crippen molar-refractivity contribution in [3.63, 3.8) is 0 Å². The van der Waals surface area contributed by atoms with Crippen LogP contribution in [0.3, 0.4) is 0 Å². The van der Waals surface area contributed by atoms with E-state index in [2.05, 4.69) is 15.1 Å². The van der Waals surface area contributed by atoms with Gasteiger partial charge in [-0.15, -0.1) is 0 Å². The lowest BCUT2D eigenvalue weighted by molar-refractivity contribution is -0.172. The summed E-state index contributed by atoms with van der Waals surface area (Å²) in [4.78, 5) is 7.95. The van der Waals surface area contributed by atoms with Crippen molar-refractivity contribution >= 4 is 0 Å². The van der Waals surface area contributed by atoms with E-state index < -0.39 is 5.79 Å². The highest BCUT2D eigenvalue weighted by molar-refractivity contribution is 5.19. The number of nitrogens with zero attached hydrogens (tertiary/aromatic N) is 4. The average Bonchev–Trinajstić information content (AvgIpc) is 3.10. The van der Waals surface area contributed by atoms with Crippen LogP contribution in [0.15, 0.2) is 49.2 Å². The molecule has 1 atom stereocenters. The number of rotatable bonds is 4. The summed E-state index contributed by atoms with van der Waals surface area (Å²) >= 11 is 0. The van der Waals surface area contributed by atoms with Gasteiger partial charge in [0.1, 0.15) is 32.1 Å². The van der Waals surface area contributed by atoms with Crippen molar-refractivity contribution in [3.05, 3.63) is 54.8 Å². The van der Waals surface area contributed by atoms with Crippen LogP contribution in [-0.4, -0.2) is 31.5 Å².